The van der Waals surface area contributed by atoms with Crippen LogP contribution in [0.5, 0.6) is 0 Å². The largest absolute Gasteiger partial charge is 0.481 e. The zero-order valence-corrected chi connectivity index (χ0v) is 9.58. The fraction of sp³-hybridized carbons (Fsp3) is 0.417. The molecule has 2 rings (SSSR count). The number of ether oxygens (including phenoxy) is 1. The summed E-state index contributed by atoms with van der Waals surface area (Å²) in [6.07, 6.45) is -5.82. The zero-order valence-electron chi connectivity index (χ0n) is 9.58. The first-order chi connectivity index (χ1) is 8.80. The molecule has 1 aliphatic rings. The number of rotatable bonds is 2. The van der Waals surface area contributed by atoms with E-state index in [4.69, 9.17) is 9.84 Å². The molecule has 1 N–H and O–H groups in total. The van der Waals surface area contributed by atoms with Crippen molar-refractivity contribution in [1.29, 1.82) is 0 Å². The number of aliphatic carboxylic acids is 1. The molecular formula is C12H10F4O3. The Morgan fingerprint density at radius 1 is 1.37 bits per heavy atom. The molecule has 1 heterocycles. The highest BCUT2D eigenvalue weighted by Crippen LogP contribution is 2.41. The van der Waals surface area contributed by atoms with E-state index in [0.29, 0.717) is 6.07 Å². The Balaban J connectivity index is 2.47. The first-order valence-electron chi connectivity index (χ1n) is 5.52. The summed E-state index contributed by atoms with van der Waals surface area (Å²) >= 11 is 0. The second-order valence-electron chi connectivity index (χ2n) is 4.25. The third kappa shape index (κ3) is 2.70. The maximum Gasteiger partial charge on any atom is 0.416 e. The first-order valence-corrected chi connectivity index (χ1v) is 5.52. The molecule has 1 fully saturated rings. The molecule has 1 aliphatic heterocycles. The Bertz CT molecular complexity index is 498. The highest BCUT2D eigenvalue weighted by molar-refractivity contribution is 5.71. The minimum Gasteiger partial charge on any atom is -0.481 e. The monoisotopic (exact) mass is 278 g/mol. The van der Waals surface area contributed by atoms with Gasteiger partial charge in [0, 0.05) is 6.61 Å². The molecule has 0 bridgehead atoms. The van der Waals surface area contributed by atoms with Crippen molar-refractivity contribution in [3.8, 4) is 0 Å². The number of benzene rings is 1. The summed E-state index contributed by atoms with van der Waals surface area (Å²) in [7, 11) is 0. The van der Waals surface area contributed by atoms with Crippen molar-refractivity contribution in [3.63, 3.8) is 0 Å². The van der Waals surface area contributed by atoms with E-state index in [1.165, 1.54) is 0 Å². The fourth-order valence-electron chi connectivity index (χ4n) is 2.17. The molecule has 1 aromatic carbocycles. The summed E-state index contributed by atoms with van der Waals surface area (Å²) < 4.78 is 56.6. The Morgan fingerprint density at radius 2 is 2.05 bits per heavy atom. The number of carboxylic acid groups (broad SMARTS) is 1. The van der Waals surface area contributed by atoms with E-state index in [0.717, 1.165) is 12.1 Å². The van der Waals surface area contributed by atoms with Crippen LogP contribution in [0.25, 0.3) is 0 Å². The van der Waals surface area contributed by atoms with Crippen molar-refractivity contribution < 1.29 is 32.2 Å². The number of hydrogen-bond acceptors (Lipinski definition) is 2. The van der Waals surface area contributed by atoms with E-state index in [-0.39, 0.29) is 18.6 Å². The topological polar surface area (TPSA) is 46.5 Å². The Morgan fingerprint density at radius 3 is 2.63 bits per heavy atom. The molecule has 1 saturated heterocycles. The predicted molar refractivity (Wildman–Crippen MR) is 55.8 cm³/mol. The minimum atomic E-state index is -4.76. The third-order valence-electron chi connectivity index (χ3n) is 3.04. The van der Waals surface area contributed by atoms with Crippen LogP contribution in [-0.4, -0.2) is 17.7 Å². The van der Waals surface area contributed by atoms with Gasteiger partial charge in [0.15, 0.2) is 0 Å². The van der Waals surface area contributed by atoms with Crippen molar-refractivity contribution in [2.24, 2.45) is 5.92 Å². The van der Waals surface area contributed by atoms with Crippen LogP contribution in [0.2, 0.25) is 0 Å². The molecule has 0 amide bonds. The van der Waals surface area contributed by atoms with Crippen LogP contribution in [0.1, 0.15) is 23.7 Å². The fourth-order valence-corrected chi connectivity index (χ4v) is 2.17. The highest BCUT2D eigenvalue weighted by Gasteiger charge is 2.42. The van der Waals surface area contributed by atoms with Gasteiger partial charge in [0.25, 0.3) is 0 Å². The summed E-state index contributed by atoms with van der Waals surface area (Å²) in [4.78, 5) is 11.0. The first kappa shape index (κ1) is 13.8. The Hall–Kier alpha value is -1.63. The van der Waals surface area contributed by atoms with Gasteiger partial charge < -0.3 is 9.84 Å². The van der Waals surface area contributed by atoms with Crippen LogP contribution in [0, 0.1) is 11.7 Å². The second-order valence-corrected chi connectivity index (χ2v) is 4.25. The van der Waals surface area contributed by atoms with Crippen LogP contribution in [0.15, 0.2) is 18.2 Å². The minimum absolute atomic E-state index is 0.0658. The lowest BCUT2D eigenvalue weighted by Crippen LogP contribution is -2.21. The van der Waals surface area contributed by atoms with Gasteiger partial charge in [-0.15, -0.1) is 0 Å². The molecule has 0 aliphatic carbocycles. The molecule has 0 spiro atoms. The summed E-state index contributed by atoms with van der Waals surface area (Å²) in [5.74, 6) is -3.30. The van der Waals surface area contributed by atoms with Gasteiger partial charge in [0.2, 0.25) is 0 Å². The summed E-state index contributed by atoms with van der Waals surface area (Å²) in [5, 5.41) is 8.96. The maximum atomic E-state index is 13.0. The predicted octanol–water partition coefficient (Wildman–Crippen LogP) is 3.01. The molecule has 3 nitrogen and oxygen atoms in total. The molecule has 0 aromatic heterocycles. The number of halogens is 4. The number of alkyl halides is 3. The normalized spacial score (nSPS) is 23.6. The van der Waals surface area contributed by atoms with Gasteiger partial charge >= 0.3 is 12.1 Å². The van der Waals surface area contributed by atoms with E-state index in [1.54, 1.807) is 0 Å². The molecule has 2 atom stereocenters. The number of hydrogen-bond donors (Lipinski definition) is 1. The number of carboxylic acids is 1. The van der Waals surface area contributed by atoms with E-state index >= 15 is 0 Å². The van der Waals surface area contributed by atoms with Gasteiger partial charge in [0.1, 0.15) is 5.82 Å². The van der Waals surface area contributed by atoms with Crippen molar-refractivity contribution in [3.05, 3.63) is 35.1 Å². The van der Waals surface area contributed by atoms with Gasteiger partial charge in [0.05, 0.1) is 17.6 Å². The van der Waals surface area contributed by atoms with Crippen molar-refractivity contribution in [1.82, 2.24) is 0 Å². The lowest BCUT2D eigenvalue weighted by Gasteiger charge is -2.20. The summed E-state index contributed by atoms with van der Waals surface area (Å²) in [6.45, 7) is 0.0658. The third-order valence-corrected chi connectivity index (χ3v) is 3.04. The van der Waals surface area contributed by atoms with E-state index < -0.39 is 35.5 Å². The molecule has 0 saturated carbocycles. The van der Waals surface area contributed by atoms with Crippen LogP contribution >= 0.6 is 0 Å². The maximum absolute atomic E-state index is 13.0. The SMILES string of the molecule is O=C(O)C1CCOC1c1ccc(F)cc1C(F)(F)F. The quantitative estimate of drug-likeness (QED) is 0.846. The molecule has 104 valence electrons. The molecule has 0 radical (unpaired) electrons. The Labute approximate surface area is 105 Å². The average molecular weight is 278 g/mol. The van der Waals surface area contributed by atoms with Gasteiger partial charge in [-0.1, -0.05) is 6.07 Å². The van der Waals surface area contributed by atoms with Gasteiger partial charge in [-0.05, 0) is 24.1 Å². The molecule has 1 aromatic rings. The van der Waals surface area contributed by atoms with Crippen LogP contribution < -0.4 is 0 Å². The molecule has 2 unspecified atom stereocenters. The van der Waals surface area contributed by atoms with Gasteiger partial charge in [-0.2, -0.15) is 13.2 Å². The number of carbonyl (C=O) groups is 1. The molecule has 19 heavy (non-hydrogen) atoms. The lowest BCUT2D eigenvalue weighted by atomic mass is 9.92. The van der Waals surface area contributed by atoms with E-state index in [1.807, 2.05) is 0 Å². The standard InChI is InChI=1S/C12H10F4O3/c13-6-1-2-7(9(5-6)12(14,15)16)10-8(11(17)18)3-4-19-10/h1-2,5,8,10H,3-4H2,(H,17,18). The molecule has 7 heteroatoms. The smallest absolute Gasteiger partial charge is 0.416 e. The van der Waals surface area contributed by atoms with Crippen LogP contribution in [0.3, 0.4) is 0 Å². The van der Waals surface area contributed by atoms with Crippen LogP contribution in [0.4, 0.5) is 17.6 Å². The zero-order chi connectivity index (χ0) is 14.2. The second kappa shape index (κ2) is 4.80. The Kier molecular flexibility index (Phi) is 3.49. The van der Waals surface area contributed by atoms with Crippen molar-refractivity contribution in [2.45, 2.75) is 18.7 Å². The molecular weight excluding hydrogens is 268 g/mol. The van der Waals surface area contributed by atoms with Crippen molar-refractivity contribution >= 4 is 5.97 Å². The highest BCUT2D eigenvalue weighted by atomic mass is 19.4. The lowest BCUT2D eigenvalue weighted by molar-refractivity contribution is -0.146. The van der Waals surface area contributed by atoms with Crippen molar-refractivity contribution in [2.75, 3.05) is 6.61 Å². The summed E-state index contributed by atoms with van der Waals surface area (Å²) in [6, 6.07) is 2.16. The van der Waals surface area contributed by atoms with E-state index in [9.17, 15) is 22.4 Å². The average Bonchev–Trinajstić information content (AvgIpc) is 2.76. The van der Waals surface area contributed by atoms with E-state index in [2.05, 4.69) is 0 Å². The summed E-state index contributed by atoms with van der Waals surface area (Å²) in [5.41, 5.74) is -1.52. The van der Waals surface area contributed by atoms with Crippen LogP contribution in [-0.2, 0) is 15.7 Å². The van der Waals surface area contributed by atoms with Gasteiger partial charge in [-0.3, -0.25) is 4.79 Å². The van der Waals surface area contributed by atoms with Gasteiger partial charge in [-0.25, -0.2) is 4.39 Å².